The van der Waals surface area contributed by atoms with Gasteiger partial charge in [-0.25, -0.2) is 9.37 Å². The molecule has 1 aromatic carbocycles. The van der Waals surface area contributed by atoms with Gasteiger partial charge in [0.1, 0.15) is 11.3 Å². The normalized spacial score (nSPS) is 14.3. The molecule has 2 amide bonds. The summed E-state index contributed by atoms with van der Waals surface area (Å²) in [5.41, 5.74) is 1.03. The first-order chi connectivity index (χ1) is 16.3. The molecule has 0 bridgehead atoms. The number of nitrogens with zero attached hydrogens (tertiary/aromatic N) is 4. The SMILES string of the molecule is COc1cc2onc(C(=O)C(=O)N(C)C)c2nc1C(=O)N1CCC(Cc2ccc(F)cc2)CC1. The summed E-state index contributed by atoms with van der Waals surface area (Å²) < 4.78 is 23.7. The summed E-state index contributed by atoms with van der Waals surface area (Å²) in [6, 6.07) is 7.93. The monoisotopic (exact) mass is 468 g/mol. The van der Waals surface area contributed by atoms with Gasteiger partial charge >= 0.3 is 0 Å². The molecule has 10 heteroatoms. The molecule has 0 N–H and O–H groups in total. The number of rotatable bonds is 6. The van der Waals surface area contributed by atoms with Gasteiger partial charge in [-0.2, -0.15) is 0 Å². The first kappa shape index (κ1) is 23.3. The fourth-order valence-corrected chi connectivity index (χ4v) is 4.06. The maximum absolute atomic E-state index is 13.3. The van der Waals surface area contributed by atoms with E-state index < -0.39 is 11.7 Å². The maximum atomic E-state index is 13.3. The number of fused-ring (bicyclic) bond motifs is 1. The van der Waals surface area contributed by atoms with E-state index in [0.29, 0.717) is 19.0 Å². The smallest absolute Gasteiger partial charge is 0.296 e. The molecule has 4 rings (SSSR count). The number of aromatic nitrogens is 2. The van der Waals surface area contributed by atoms with Gasteiger partial charge in [0, 0.05) is 33.3 Å². The number of hydrogen-bond acceptors (Lipinski definition) is 7. The number of carbonyl (C=O) groups is 3. The van der Waals surface area contributed by atoms with Crippen LogP contribution in [0, 0.1) is 11.7 Å². The van der Waals surface area contributed by atoms with Crippen LogP contribution in [0.4, 0.5) is 4.39 Å². The van der Waals surface area contributed by atoms with Crippen molar-refractivity contribution in [3.8, 4) is 5.75 Å². The minimum atomic E-state index is -0.874. The fourth-order valence-electron chi connectivity index (χ4n) is 4.06. The Kier molecular flexibility index (Phi) is 6.58. The van der Waals surface area contributed by atoms with Crippen LogP contribution in [0.2, 0.25) is 0 Å². The van der Waals surface area contributed by atoms with Crippen LogP contribution in [0.3, 0.4) is 0 Å². The highest BCUT2D eigenvalue weighted by molar-refractivity contribution is 6.43. The third-order valence-corrected chi connectivity index (χ3v) is 5.99. The lowest BCUT2D eigenvalue weighted by molar-refractivity contribution is -0.124. The van der Waals surface area contributed by atoms with Gasteiger partial charge in [0.2, 0.25) is 0 Å². The first-order valence-electron chi connectivity index (χ1n) is 10.9. The predicted molar refractivity (Wildman–Crippen MR) is 120 cm³/mol. The zero-order valence-electron chi connectivity index (χ0n) is 19.2. The Morgan fingerprint density at radius 3 is 2.44 bits per heavy atom. The van der Waals surface area contributed by atoms with E-state index in [9.17, 15) is 18.8 Å². The largest absolute Gasteiger partial charge is 0.494 e. The lowest BCUT2D eigenvalue weighted by Crippen LogP contribution is -2.39. The highest BCUT2D eigenvalue weighted by Crippen LogP contribution is 2.29. The van der Waals surface area contributed by atoms with E-state index in [1.807, 2.05) is 0 Å². The van der Waals surface area contributed by atoms with E-state index in [0.717, 1.165) is 29.7 Å². The van der Waals surface area contributed by atoms with Crippen LogP contribution in [-0.4, -0.2) is 71.8 Å². The molecule has 9 nitrogen and oxygen atoms in total. The number of benzene rings is 1. The van der Waals surface area contributed by atoms with Gasteiger partial charge in [-0.15, -0.1) is 0 Å². The van der Waals surface area contributed by atoms with Crippen LogP contribution in [0.1, 0.15) is 39.4 Å². The molecule has 0 aliphatic carbocycles. The summed E-state index contributed by atoms with van der Waals surface area (Å²) in [6.45, 7) is 1.06. The number of carbonyl (C=O) groups excluding carboxylic acids is 3. The van der Waals surface area contributed by atoms with Crippen molar-refractivity contribution in [1.82, 2.24) is 19.9 Å². The number of piperidine rings is 1. The molecule has 1 aliphatic heterocycles. The minimum absolute atomic E-state index is 0.0292. The Morgan fingerprint density at radius 1 is 1.15 bits per heavy atom. The predicted octanol–water partition coefficient (Wildman–Crippen LogP) is 2.74. The number of likely N-dealkylation sites (tertiary alicyclic amines) is 1. The van der Waals surface area contributed by atoms with E-state index >= 15 is 0 Å². The molecule has 178 valence electrons. The number of Topliss-reactive ketones (excluding diaryl/α,β-unsaturated/α-hetero) is 1. The van der Waals surface area contributed by atoms with Crippen molar-refractivity contribution in [2.45, 2.75) is 19.3 Å². The number of pyridine rings is 1. The summed E-state index contributed by atoms with van der Waals surface area (Å²) in [6.07, 6.45) is 2.41. The average Bonchev–Trinajstić information content (AvgIpc) is 3.26. The van der Waals surface area contributed by atoms with Crippen LogP contribution in [0.5, 0.6) is 5.75 Å². The second kappa shape index (κ2) is 9.58. The van der Waals surface area contributed by atoms with Crippen molar-refractivity contribution < 1.29 is 28.0 Å². The number of methoxy groups -OCH3 is 1. The number of ketones is 1. The van der Waals surface area contributed by atoms with Crippen LogP contribution in [0.15, 0.2) is 34.9 Å². The van der Waals surface area contributed by atoms with Gasteiger partial charge < -0.3 is 19.1 Å². The fraction of sp³-hybridized carbons (Fsp3) is 0.375. The molecule has 1 saturated heterocycles. The quantitative estimate of drug-likeness (QED) is 0.405. The summed E-state index contributed by atoms with van der Waals surface area (Å²) in [5, 5.41) is 3.70. The second-order valence-electron chi connectivity index (χ2n) is 8.51. The zero-order valence-corrected chi connectivity index (χ0v) is 19.2. The van der Waals surface area contributed by atoms with Crippen LogP contribution >= 0.6 is 0 Å². The Morgan fingerprint density at radius 2 is 1.82 bits per heavy atom. The van der Waals surface area contributed by atoms with Gasteiger partial charge in [0.05, 0.1) is 7.11 Å². The highest BCUT2D eigenvalue weighted by atomic mass is 19.1. The third kappa shape index (κ3) is 4.61. The summed E-state index contributed by atoms with van der Waals surface area (Å²) in [5.74, 6) is -1.67. The maximum Gasteiger partial charge on any atom is 0.296 e. The summed E-state index contributed by atoms with van der Waals surface area (Å²) >= 11 is 0. The number of hydrogen-bond donors (Lipinski definition) is 0. The topological polar surface area (TPSA) is 106 Å². The molecule has 3 aromatic rings. The van der Waals surface area contributed by atoms with Gasteiger partial charge in [0.25, 0.3) is 17.6 Å². The lowest BCUT2D eigenvalue weighted by atomic mass is 9.90. The lowest BCUT2D eigenvalue weighted by Gasteiger charge is -2.32. The van der Waals surface area contributed by atoms with Crippen molar-refractivity contribution >= 4 is 28.7 Å². The molecule has 0 atom stereocenters. The van der Waals surface area contributed by atoms with Crippen molar-refractivity contribution in [3.05, 3.63) is 53.1 Å². The second-order valence-corrected chi connectivity index (χ2v) is 8.51. The molecule has 0 unspecified atom stereocenters. The van der Waals surface area contributed by atoms with Crippen molar-refractivity contribution in [2.24, 2.45) is 5.92 Å². The van der Waals surface area contributed by atoms with Crippen molar-refractivity contribution in [3.63, 3.8) is 0 Å². The van der Waals surface area contributed by atoms with E-state index in [-0.39, 0.29) is 40.0 Å². The number of halogens is 1. The van der Waals surface area contributed by atoms with E-state index in [1.165, 1.54) is 39.4 Å². The van der Waals surface area contributed by atoms with Crippen molar-refractivity contribution in [1.29, 1.82) is 0 Å². The van der Waals surface area contributed by atoms with E-state index in [1.54, 1.807) is 17.0 Å². The van der Waals surface area contributed by atoms with Crippen LogP contribution < -0.4 is 4.74 Å². The van der Waals surface area contributed by atoms with Gasteiger partial charge in [-0.3, -0.25) is 14.4 Å². The molecular formula is C24H25FN4O5. The Balaban J connectivity index is 1.52. The Hall–Kier alpha value is -3.82. The average molecular weight is 468 g/mol. The van der Waals surface area contributed by atoms with Gasteiger partial charge in [0.15, 0.2) is 22.7 Å². The molecule has 1 aliphatic rings. The zero-order chi connectivity index (χ0) is 24.4. The molecule has 34 heavy (non-hydrogen) atoms. The molecular weight excluding hydrogens is 443 g/mol. The van der Waals surface area contributed by atoms with Crippen LogP contribution in [-0.2, 0) is 11.2 Å². The van der Waals surface area contributed by atoms with Crippen molar-refractivity contribution in [2.75, 3.05) is 34.3 Å². The Bertz CT molecular complexity index is 1230. The molecule has 0 radical (unpaired) electrons. The van der Waals surface area contributed by atoms with E-state index in [4.69, 9.17) is 9.26 Å². The highest BCUT2D eigenvalue weighted by Gasteiger charge is 2.30. The van der Waals surface area contributed by atoms with Gasteiger partial charge in [-0.1, -0.05) is 17.3 Å². The third-order valence-electron chi connectivity index (χ3n) is 5.99. The number of likely N-dealkylation sites (N-methyl/N-ethyl adjacent to an activating group) is 1. The van der Waals surface area contributed by atoms with Crippen LogP contribution in [0.25, 0.3) is 11.1 Å². The molecule has 1 fully saturated rings. The molecule has 0 spiro atoms. The molecule has 0 saturated carbocycles. The standard InChI is InChI=1S/C24H25FN4O5/c1-28(2)24(32)22(30)21-19-18(34-27-21)13-17(33-3)20(26-19)23(31)29-10-8-15(9-11-29)12-14-4-6-16(25)7-5-14/h4-7,13,15H,8-12H2,1-3H3. The molecule has 3 heterocycles. The number of amides is 2. The first-order valence-corrected chi connectivity index (χ1v) is 10.9. The van der Waals surface area contributed by atoms with Gasteiger partial charge in [-0.05, 0) is 42.9 Å². The summed E-state index contributed by atoms with van der Waals surface area (Å²) in [4.78, 5) is 45.1. The number of ether oxygens (including phenoxy) is 1. The van der Waals surface area contributed by atoms with E-state index in [2.05, 4.69) is 10.1 Å². The summed E-state index contributed by atoms with van der Waals surface area (Å²) in [7, 11) is 4.31. The minimum Gasteiger partial charge on any atom is -0.494 e. The Labute approximate surface area is 195 Å². The molecule has 2 aromatic heterocycles.